The highest BCUT2D eigenvalue weighted by Crippen LogP contribution is 2.42. The fourth-order valence-corrected chi connectivity index (χ4v) is 2.98. The molecule has 0 N–H and O–H groups in total. The van der Waals surface area contributed by atoms with Gasteiger partial charge in [0, 0.05) is 16.0 Å². The molecule has 0 amide bonds. The van der Waals surface area contributed by atoms with Crippen molar-refractivity contribution < 1.29 is 51.6 Å². The minimum absolute atomic E-state index is 0.0134. The van der Waals surface area contributed by atoms with Crippen molar-refractivity contribution in [2.45, 2.75) is 26.1 Å². The molecule has 0 saturated heterocycles. The summed E-state index contributed by atoms with van der Waals surface area (Å²) >= 11 is 11.7. The molecule has 10 nitrogen and oxygen atoms in total. The van der Waals surface area contributed by atoms with Crippen LogP contribution >= 0.6 is 23.2 Å². The van der Waals surface area contributed by atoms with E-state index in [0.717, 1.165) is 6.08 Å². The average Bonchev–Trinajstić information content (AvgIpc) is 2.69. The predicted molar refractivity (Wildman–Crippen MR) is 105 cm³/mol. The minimum Gasteiger partial charge on any atom is -0.474 e. The van der Waals surface area contributed by atoms with Gasteiger partial charge >= 0.3 is 18.3 Å². The van der Waals surface area contributed by atoms with Crippen molar-refractivity contribution in [1.82, 2.24) is 0 Å². The van der Waals surface area contributed by atoms with Crippen molar-refractivity contribution in [3.8, 4) is 5.75 Å². The van der Waals surface area contributed by atoms with Gasteiger partial charge in [0.25, 0.3) is 5.09 Å². The fourth-order valence-electron chi connectivity index (χ4n) is 2.42. The Morgan fingerprint density at radius 1 is 1.15 bits per heavy atom. The number of ether oxygens (including phenoxy) is 4. The number of carbonyl (C=O) groups excluding carboxylic acids is 2. The fraction of sp³-hybridized carbons (Fsp3) is 0.444. The number of carbonyl (C=O) groups is 2. The quantitative estimate of drug-likeness (QED) is 0.210. The molecular weight excluding hydrogens is 502 g/mol. The summed E-state index contributed by atoms with van der Waals surface area (Å²) in [5, 5.41) is 9.10. The number of nitrogens with zero attached hydrogens (tertiary/aromatic N) is 1. The molecular formula is C18H16Cl2F3NO9. The van der Waals surface area contributed by atoms with E-state index in [-0.39, 0.29) is 34.6 Å². The third-order valence-electron chi connectivity index (χ3n) is 3.91. The Bertz CT molecular complexity index is 966. The van der Waals surface area contributed by atoms with Crippen LogP contribution in [0.1, 0.15) is 19.4 Å². The Hall–Kier alpha value is -2.93. The van der Waals surface area contributed by atoms with Crippen molar-refractivity contribution in [2.24, 2.45) is 5.41 Å². The van der Waals surface area contributed by atoms with Crippen LogP contribution in [0.5, 0.6) is 5.75 Å². The number of esters is 1. The van der Waals surface area contributed by atoms with Gasteiger partial charge in [-0.15, -0.1) is 10.1 Å². The van der Waals surface area contributed by atoms with Crippen LogP contribution < -0.4 is 4.74 Å². The lowest BCUT2D eigenvalue weighted by atomic mass is 9.97. The molecule has 2 rings (SSSR count). The average molecular weight is 518 g/mol. The summed E-state index contributed by atoms with van der Waals surface area (Å²) in [4.78, 5) is 38.2. The van der Waals surface area contributed by atoms with Crippen molar-refractivity contribution in [3.63, 3.8) is 0 Å². The molecule has 1 aliphatic heterocycles. The molecule has 1 aromatic carbocycles. The van der Waals surface area contributed by atoms with E-state index in [0.29, 0.717) is 0 Å². The summed E-state index contributed by atoms with van der Waals surface area (Å²) in [5.74, 6) is -1.80. The van der Waals surface area contributed by atoms with Gasteiger partial charge in [-0.2, -0.15) is 13.2 Å². The second-order valence-electron chi connectivity index (χ2n) is 7.34. The van der Waals surface area contributed by atoms with Gasteiger partial charge < -0.3 is 23.8 Å². The van der Waals surface area contributed by atoms with Gasteiger partial charge in [0.05, 0.1) is 10.6 Å². The number of hydrogen-bond donors (Lipinski definition) is 0. The van der Waals surface area contributed by atoms with Crippen LogP contribution in [0.4, 0.5) is 18.0 Å². The molecule has 0 bridgehead atoms. The molecule has 1 aliphatic rings. The SMILES string of the molecule is CC(C)(COC(=O)OCOC(=O)C1=Cc2cc(Cl)cc(Cl)c2OC1C(F)(F)F)CO[N+](=O)[O-]. The Morgan fingerprint density at radius 3 is 2.42 bits per heavy atom. The number of alkyl halides is 3. The largest absolute Gasteiger partial charge is 0.511 e. The van der Waals surface area contributed by atoms with Crippen molar-refractivity contribution in [3.05, 3.63) is 43.4 Å². The third-order valence-corrected chi connectivity index (χ3v) is 4.41. The molecule has 0 radical (unpaired) electrons. The molecule has 182 valence electrons. The monoisotopic (exact) mass is 517 g/mol. The van der Waals surface area contributed by atoms with E-state index in [1.54, 1.807) is 0 Å². The van der Waals surface area contributed by atoms with Crippen LogP contribution in [0, 0.1) is 15.5 Å². The molecule has 1 aromatic rings. The topological polar surface area (TPSA) is 123 Å². The van der Waals surface area contributed by atoms with E-state index < -0.39 is 47.3 Å². The summed E-state index contributed by atoms with van der Waals surface area (Å²) in [6, 6.07) is 2.41. The Balaban J connectivity index is 1.99. The van der Waals surface area contributed by atoms with Crippen LogP contribution in [-0.2, 0) is 23.8 Å². The number of fused-ring (bicyclic) bond motifs is 1. The zero-order valence-electron chi connectivity index (χ0n) is 16.9. The smallest absolute Gasteiger partial charge is 0.474 e. The maximum absolute atomic E-state index is 13.4. The van der Waals surface area contributed by atoms with Crippen molar-refractivity contribution >= 4 is 41.4 Å². The maximum Gasteiger partial charge on any atom is 0.511 e. The summed E-state index contributed by atoms with van der Waals surface area (Å²) in [5.41, 5.74) is -1.87. The summed E-state index contributed by atoms with van der Waals surface area (Å²) < 4.78 is 58.9. The highest BCUT2D eigenvalue weighted by molar-refractivity contribution is 6.36. The predicted octanol–water partition coefficient (Wildman–Crippen LogP) is 4.59. The minimum atomic E-state index is -5.00. The lowest BCUT2D eigenvalue weighted by molar-refractivity contribution is -0.760. The molecule has 0 saturated carbocycles. The number of benzene rings is 1. The molecule has 0 aromatic heterocycles. The van der Waals surface area contributed by atoms with Crippen LogP contribution in [0.2, 0.25) is 10.0 Å². The molecule has 1 heterocycles. The van der Waals surface area contributed by atoms with Gasteiger partial charge in [-0.05, 0) is 18.2 Å². The summed E-state index contributed by atoms with van der Waals surface area (Å²) in [6.45, 7) is 1.17. The summed E-state index contributed by atoms with van der Waals surface area (Å²) in [7, 11) is 0. The molecule has 1 unspecified atom stereocenters. The van der Waals surface area contributed by atoms with E-state index in [1.165, 1.54) is 26.0 Å². The molecule has 1 atom stereocenters. The van der Waals surface area contributed by atoms with Crippen LogP contribution in [-0.4, -0.2) is 49.5 Å². The zero-order chi connectivity index (χ0) is 25.0. The lowest BCUT2D eigenvalue weighted by Crippen LogP contribution is -2.41. The first kappa shape index (κ1) is 26.3. The van der Waals surface area contributed by atoms with E-state index in [2.05, 4.69) is 14.3 Å². The van der Waals surface area contributed by atoms with E-state index >= 15 is 0 Å². The molecule has 0 fully saturated rings. The Labute approximate surface area is 194 Å². The number of halogens is 5. The Morgan fingerprint density at radius 2 is 1.82 bits per heavy atom. The number of hydrogen-bond acceptors (Lipinski definition) is 9. The van der Waals surface area contributed by atoms with Gasteiger partial charge in [-0.1, -0.05) is 37.0 Å². The molecule has 33 heavy (non-hydrogen) atoms. The van der Waals surface area contributed by atoms with Gasteiger partial charge in [-0.3, -0.25) is 0 Å². The second-order valence-corrected chi connectivity index (χ2v) is 8.18. The highest BCUT2D eigenvalue weighted by Gasteiger charge is 2.49. The van der Waals surface area contributed by atoms with Gasteiger partial charge in [0.15, 0.2) is 0 Å². The highest BCUT2D eigenvalue weighted by atomic mass is 35.5. The Kier molecular flexibility index (Phi) is 8.25. The zero-order valence-corrected chi connectivity index (χ0v) is 18.5. The molecule has 0 aliphatic carbocycles. The van der Waals surface area contributed by atoms with Crippen molar-refractivity contribution in [2.75, 3.05) is 20.0 Å². The van der Waals surface area contributed by atoms with Crippen molar-refractivity contribution in [1.29, 1.82) is 0 Å². The maximum atomic E-state index is 13.4. The third kappa shape index (κ3) is 7.56. The van der Waals surface area contributed by atoms with Gasteiger partial charge in [0.2, 0.25) is 12.9 Å². The summed E-state index contributed by atoms with van der Waals surface area (Å²) in [6.07, 6.45) is -8.16. The molecule has 0 spiro atoms. The normalized spacial score (nSPS) is 15.5. The van der Waals surface area contributed by atoms with Crippen LogP contribution in [0.15, 0.2) is 17.7 Å². The standard InChI is InChI=1S/C18H16Cl2F3NO9/c1-17(2,7-32-24(27)28)6-29-16(26)31-8-30-15(25)11-4-9-3-10(19)5-12(20)13(9)33-14(11)18(21,22)23/h3-5,14H,6-8H2,1-2H3. The first-order chi connectivity index (χ1) is 15.2. The van der Waals surface area contributed by atoms with Crippen LogP contribution in [0.25, 0.3) is 6.08 Å². The second kappa shape index (κ2) is 10.3. The first-order valence-electron chi connectivity index (χ1n) is 8.87. The van der Waals surface area contributed by atoms with Gasteiger partial charge in [-0.25, -0.2) is 9.59 Å². The first-order valence-corrected chi connectivity index (χ1v) is 9.63. The van der Waals surface area contributed by atoms with Gasteiger partial charge in [0.1, 0.15) is 19.0 Å². The number of rotatable bonds is 8. The van der Waals surface area contributed by atoms with E-state index in [1.807, 2.05) is 0 Å². The van der Waals surface area contributed by atoms with Crippen LogP contribution in [0.3, 0.4) is 0 Å². The molecule has 15 heteroatoms. The lowest BCUT2D eigenvalue weighted by Gasteiger charge is -2.28. The van der Waals surface area contributed by atoms with E-state index in [9.17, 15) is 32.9 Å². The van der Waals surface area contributed by atoms with E-state index in [4.69, 9.17) is 32.7 Å².